The maximum Gasteiger partial charge on any atom is 0.0355 e. The molecule has 0 aliphatic heterocycles. The molecule has 10 aromatic rings. The third-order valence-corrected chi connectivity index (χ3v) is 11.4. The van der Waals surface area contributed by atoms with E-state index >= 15 is 0 Å². The normalized spacial score (nSPS) is 11.5. The van der Waals surface area contributed by atoms with Crippen LogP contribution in [0, 0.1) is 0 Å². The largest absolute Gasteiger partial charge is 0.135 e. The van der Waals surface area contributed by atoms with Gasteiger partial charge in [0.1, 0.15) is 0 Å². The van der Waals surface area contributed by atoms with Crippen LogP contribution in [0.2, 0.25) is 0 Å². The van der Waals surface area contributed by atoms with Gasteiger partial charge in [0, 0.05) is 20.2 Å². The SMILES string of the molecule is c1ccc(-c2cccc(-c3cccc(-c4c5ccccc5c(-c5cccc(-c6ccc7sc8ccccc8c7c6)c5)c5ccccc45)c3)c2)cc1. The molecule has 0 aliphatic carbocycles. The van der Waals surface area contributed by atoms with Gasteiger partial charge in [-0.25, -0.2) is 0 Å². The molecule has 0 nitrogen and oxygen atoms in total. The van der Waals surface area contributed by atoms with Crippen LogP contribution in [-0.2, 0) is 0 Å². The van der Waals surface area contributed by atoms with Crippen molar-refractivity contribution >= 4 is 53.1 Å². The molecule has 1 aromatic heterocycles. The van der Waals surface area contributed by atoms with Crippen LogP contribution in [0.5, 0.6) is 0 Å². The van der Waals surface area contributed by atoms with Crippen LogP contribution >= 0.6 is 11.3 Å². The number of hydrogen-bond acceptors (Lipinski definition) is 1. The number of rotatable bonds is 5. The van der Waals surface area contributed by atoms with E-state index in [1.54, 1.807) is 0 Å². The van der Waals surface area contributed by atoms with Crippen LogP contribution in [0.3, 0.4) is 0 Å². The van der Waals surface area contributed by atoms with Crippen LogP contribution in [0.1, 0.15) is 0 Å². The van der Waals surface area contributed by atoms with E-state index < -0.39 is 0 Å². The summed E-state index contributed by atoms with van der Waals surface area (Å²) in [5.74, 6) is 0. The second-order valence-electron chi connectivity index (χ2n) is 13.3. The highest BCUT2D eigenvalue weighted by molar-refractivity contribution is 7.25. The summed E-state index contributed by atoms with van der Waals surface area (Å²) in [4.78, 5) is 0. The third kappa shape index (κ3) is 5.14. The van der Waals surface area contributed by atoms with Gasteiger partial charge in [-0.2, -0.15) is 0 Å². The van der Waals surface area contributed by atoms with E-state index in [1.165, 1.54) is 97.4 Å². The molecule has 9 aromatic carbocycles. The number of hydrogen-bond donors (Lipinski definition) is 0. The fourth-order valence-corrected chi connectivity index (χ4v) is 8.96. The van der Waals surface area contributed by atoms with Crippen molar-refractivity contribution in [2.24, 2.45) is 0 Å². The molecule has 0 bridgehead atoms. The van der Waals surface area contributed by atoms with Crippen molar-refractivity contribution in [1.29, 1.82) is 0 Å². The van der Waals surface area contributed by atoms with Crippen LogP contribution < -0.4 is 0 Å². The molecule has 0 aliphatic rings. The maximum absolute atomic E-state index is 2.38. The Labute approximate surface area is 301 Å². The molecule has 1 heterocycles. The van der Waals surface area contributed by atoms with Gasteiger partial charge in [0.15, 0.2) is 0 Å². The minimum Gasteiger partial charge on any atom is -0.135 e. The highest BCUT2D eigenvalue weighted by Crippen LogP contribution is 2.45. The summed E-state index contributed by atoms with van der Waals surface area (Å²) in [5.41, 5.74) is 12.4. The van der Waals surface area contributed by atoms with Crippen molar-refractivity contribution in [1.82, 2.24) is 0 Å². The van der Waals surface area contributed by atoms with E-state index in [1.807, 2.05) is 11.3 Å². The Morgan fingerprint density at radius 1 is 0.216 bits per heavy atom. The Morgan fingerprint density at radius 3 is 1.14 bits per heavy atom. The van der Waals surface area contributed by atoms with Crippen molar-refractivity contribution < 1.29 is 0 Å². The minimum absolute atomic E-state index is 1.21. The lowest BCUT2D eigenvalue weighted by molar-refractivity contribution is 1.58. The smallest absolute Gasteiger partial charge is 0.0355 e. The van der Waals surface area contributed by atoms with E-state index in [4.69, 9.17) is 0 Å². The fraction of sp³-hybridized carbons (Fsp3) is 0. The molecule has 0 atom stereocenters. The van der Waals surface area contributed by atoms with E-state index in [-0.39, 0.29) is 0 Å². The number of thiophene rings is 1. The molecule has 51 heavy (non-hydrogen) atoms. The van der Waals surface area contributed by atoms with Crippen LogP contribution in [-0.4, -0.2) is 0 Å². The molecule has 10 rings (SSSR count). The van der Waals surface area contributed by atoms with Crippen LogP contribution in [0.15, 0.2) is 194 Å². The molecule has 0 saturated carbocycles. The molecule has 0 spiro atoms. The van der Waals surface area contributed by atoms with E-state index in [0.29, 0.717) is 0 Å². The molecule has 0 fully saturated rings. The van der Waals surface area contributed by atoms with Crippen molar-refractivity contribution in [3.05, 3.63) is 194 Å². The Bertz CT molecular complexity index is 2850. The standard InChI is InChI=1S/C50H32S/c1-2-13-33(14-3-1)34-15-10-16-35(29-34)36-17-11-19-39(30-36)49-42-22-4-6-24-44(42)50(45-25-7-5-23-43(45)49)40-20-12-18-37(31-40)38-27-28-48-46(32-38)41-21-8-9-26-47(41)51-48/h1-32H. The second kappa shape index (κ2) is 12.2. The molecule has 1 heteroatoms. The molecule has 0 N–H and O–H groups in total. The van der Waals surface area contributed by atoms with Gasteiger partial charge >= 0.3 is 0 Å². The fourth-order valence-electron chi connectivity index (χ4n) is 7.87. The topological polar surface area (TPSA) is 0 Å². The Kier molecular flexibility index (Phi) is 7.11. The summed E-state index contributed by atoms with van der Waals surface area (Å²) >= 11 is 1.87. The van der Waals surface area contributed by atoms with Gasteiger partial charge in [0.05, 0.1) is 0 Å². The van der Waals surface area contributed by atoms with Gasteiger partial charge < -0.3 is 0 Å². The Balaban J connectivity index is 1.13. The van der Waals surface area contributed by atoms with Crippen molar-refractivity contribution in [2.75, 3.05) is 0 Å². The number of benzene rings is 9. The first-order valence-corrected chi connectivity index (χ1v) is 18.3. The predicted octanol–water partition coefficient (Wildman–Crippen LogP) is 14.7. The monoisotopic (exact) mass is 664 g/mol. The minimum atomic E-state index is 1.21. The molecule has 0 amide bonds. The Hall–Kier alpha value is -6.28. The average Bonchev–Trinajstić information content (AvgIpc) is 3.58. The lowest BCUT2D eigenvalue weighted by Crippen LogP contribution is -1.91. The van der Waals surface area contributed by atoms with Gasteiger partial charge in [-0.3, -0.25) is 0 Å². The highest BCUT2D eigenvalue weighted by Gasteiger charge is 2.18. The highest BCUT2D eigenvalue weighted by atomic mass is 32.1. The zero-order chi connectivity index (χ0) is 33.7. The average molecular weight is 665 g/mol. The zero-order valence-electron chi connectivity index (χ0n) is 27.9. The lowest BCUT2D eigenvalue weighted by Gasteiger charge is -2.18. The summed E-state index contributed by atoms with van der Waals surface area (Å²) in [7, 11) is 0. The first-order chi connectivity index (χ1) is 25.3. The Morgan fingerprint density at radius 2 is 0.588 bits per heavy atom. The van der Waals surface area contributed by atoms with Gasteiger partial charge in [-0.1, -0.05) is 158 Å². The zero-order valence-corrected chi connectivity index (χ0v) is 28.7. The molecular formula is C50H32S. The first-order valence-electron chi connectivity index (χ1n) is 17.5. The van der Waals surface area contributed by atoms with Crippen molar-refractivity contribution in [3.8, 4) is 55.6 Å². The second-order valence-corrected chi connectivity index (χ2v) is 14.3. The van der Waals surface area contributed by atoms with Crippen LogP contribution in [0.25, 0.3) is 97.4 Å². The predicted molar refractivity (Wildman–Crippen MR) is 222 cm³/mol. The molecular weight excluding hydrogens is 633 g/mol. The number of fused-ring (bicyclic) bond motifs is 5. The van der Waals surface area contributed by atoms with Crippen molar-refractivity contribution in [3.63, 3.8) is 0 Å². The quantitative estimate of drug-likeness (QED) is 0.161. The summed E-state index contributed by atoms with van der Waals surface area (Å²) in [6.07, 6.45) is 0. The summed E-state index contributed by atoms with van der Waals surface area (Å²) in [6.45, 7) is 0. The van der Waals surface area contributed by atoms with Gasteiger partial charge in [-0.05, 0) is 114 Å². The molecule has 0 radical (unpaired) electrons. The van der Waals surface area contributed by atoms with Gasteiger partial charge in [0.2, 0.25) is 0 Å². The third-order valence-electron chi connectivity index (χ3n) is 10.2. The summed E-state index contributed by atoms with van der Waals surface area (Å²) < 4.78 is 2.67. The van der Waals surface area contributed by atoms with E-state index in [2.05, 4.69) is 194 Å². The van der Waals surface area contributed by atoms with E-state index in [9.17, 15) is 0 Å². The van der Waals surface area contributed by atoms with Gasteiger partial charge in [-0.15, -0.1) is 11.3 Å². The summed E-state index contributed by atoms with van der Waals surface area (Å²) in [5, 5.41) is 7.71. The van der Waals surface area contributed by atoms with E-state index in [0.717, 1.165) is 0 Å². The van der Waals surface area contributed by atoms with Crippen molar-refractivity contribution in [2.45, 2.75) is 0 Å². The van der Waals surface area contributed by atoms with Gasteiger partial charge in [0.25, 0.3) is 0 Å². The molecule has 0 unspecified atom stereocenters. The van der Waals surface area contributed by atoms with Crippen LogP contribution in [0.4, 0.5) is 0 Å². The first kappa shape index (κ1) is 29.6. The molecule has 0 saturated heterocycles. The maximum atomic E-state index is 2.38. The lowest BCUT2D eigenvalue weighted by atomic mass is 9.85. The molecule has 238 valence electrons. The summed E-state index contributed by atoms with van der Waals surface area (Å²) in [6, 6.07) is 71.2.